The number of benzene rings is 11. The molecule has 0 saturated carbocycles. The van der Waals surface area contributed by atoms with Gasteiger partial charge in [-0.1, -0.05) is 212 Å². The lowest BCUT2D eigenvalue weighted by Crippen LogP contribution is -2.00. The van der Waals surface area contributed by atoms with Crippen LogP contribution in [0.2, 0.25) is 0 Å². The molecule has 3 heteroatoms. The summed E-state index contributed by atoms with van der Waals surface area (Å²) in [5.74, 6) is 1.92. The normalized spacial score (nSPS) is 11.8. The second-order valence-corrected chi connectivity index (χ2v) is 16.7. The van der Waals surface area contributed by atoms with Crippen molar-refractivity contribution < 1.29 is 0 Å². The van der Waals surface area contributed by atoms with Gasteiger partial charge in [0.15, 0.2) is 17.5 Å². The summed E-state index contributed by atoms with van der Waals surface area (Å²) in [6, 6.07) is 80.7. The Morgan fingerprint density at radius 1 is 0.219 bits per heavy atom. The molecule has 0 bridgehead atoms. The fraction of sp³-hybridized carbons (Fsp3) is 0. The lowest BCUT2D eigenvalue weighted by atomic mass is 9.87. The Labute approximate surface area is 370 Å². The number of rotatable bonds is 6. The predicted molar refractivity (Wildman–Crippen MR) is 267 cm³/mol. The van der Waals surface area contributed by atoms with E-state index in [1.807, 2.05) is 18.2 Å². The van der Waals surface area contributed by atoms with Crippen LogP contribution < -0.4 is 0 Å². The third-order valence-corrected chi connectivity index (χ3v) is 13.1. The molecule has 0 saturated heterocycles. The van der Waals surface area contributed by atoms with Crippen LogP contribution in [0, 0.1) is 0 Å². The molecule has 1 aromatic heterocycles. The highest BCUT2D eigenvalue weighted by Crippen LogP contribution is 2.50. The molecular formula is C61H37N3. The van der Waals surface area contributed by atoms with Gasteiger partial charge in [-0.05, 0) is 111 Å². The first kappa shape index (κ1) is 36.2. The Hall–Kier alpha value is -8.53. The average molecular weight is 812 g/mol. The van der Waals surface area contributed by atoms with Crippen molar-refractivity contribution in [2.75, 3.05) is 0 Å². The van der Waals surface area contributed by atoms with Gasteiger partial charge in [-0.15, -0.1) is 0 Å². The molecule has 296 valence electrons. The Kier molecular flexibility index (Phi) is 8.22. The molecule has 12 aromatic rings. The third-order valence-electron chi connectivity index (χ3n) is 13.1. The highest BCUT2D eigenvalue weighted by Gasteiger charge is 2.23. The molecule has 0 amide bonds. The lowest BCUT2D eigenvalue weighted by Gasteiger charge is -2.16. The quantitative estimate of drug-likeness (QED) is 0.157. The summed E-state index contributed by atoms with van der Waals surface area (Å²) in [5.41, 5.74) is 15.2. The SMILES string of the molecule is c1ccc(-c2nc(-c3ccc(-c4ccc5ccccc5c4-c4cccc(-c5ccc6c7c(cccc57)-c5ccccc5-6)c4)cc3)nc(-c3cc4ccccc4c4ccccc34)n2)cc1. The standard InChI is InChI=1S/C61H37N3/c1-2-15-40(16-3-1)59-62-60(64-61(63-59)56-37-43-17-5-6-20-45(43)49-22-8-11-25-52(49)56)41-30-28-39(29-31-41)48-33-32-38-14-4-7-21-47(38)57(48)44-19-12-18-42(36-44)46-34-35-55-51-24-10-9-23-50(51)54-27-13-26-53(46)58(54)55/h1-37H. The molecule has 0 aliphatic heterocycles. The largest absolute Gasteiger partial charge is 0.208 e. The summed E-state index contributed by atoms with van der Waals surface area (Å²) >= 11 is 0. The summed E-state index contributed by atoms with van der Waals surface area (Å²) in [6.45, 7) is 0. The molecular weight excluding hydrogens is 775 g/mol. The van der Waals surface area contributed by atoms with Gasteiger partial charge >= 0.3 is 0 Å². The van der Waals surface area contributed by atoms with Gasteiger partial charge in [-0.3, -0.25) is 0 Å². The van der Waals surface area contributed by atoms with Crippen LogP contribution in [-0.4, -0.2) is 15.0 Å². The van der Waals surface area contributed by atoms with E-state index in [2.05, 4.69) is 206 Å². The molecule has 0 N–H and O–H groups in total. The van der Waals surface area contributed by atoms with Gasteiger partial charge in [0, 0.05) is 16.7 Å². The first-order valence-electron chi connectivity index (χ1n) is 21.8. The minimum absolute atomic E-state index is 0.632. The molecule has 0 fully saturated rings. The van der Waals surface area contributed by atoms with Gasteiger partial charge in [-0.25, -0.2) is 15.0 Å². The maximum Gasteiger partial charge on any atom is 0.164 e. The zero-order valence-corrected chi connectivity index (χ0v) is 34.7. The van der Waals surface area contributed by atoms with E-state index in [1.54, 1.807) is 0 Å². The third kappa shape index (κ3) is 5.79. The van der Waals surface area contributed by atoms with Crippen molar-refractivity contribution >= 4 is 43.1 Å². The Balaban J connectivity index is 0.938. The van der Waals surface area contributed by atoms with Crippen LogP contribution in [0.3, 0.4) is 0 Å². The molecule has 13 rings (SSSR count). The van der Waals surface area contributed by atoms with Gasteiger partial charge in [0.25, 0.3) is 0 Å². The van der Waals surface area contributed by atoms with Crippen LogP contribution in [0.4, 0.5) is 0 Å². The van der Waals surface area contributed by atoms with E-state index in [9.17, 15) is 0 Å². The monoisotopic (exact) mass is 811 g/mol. The van der Waals surface area contributed by atoms with E-state index in [1.165, 1.54) is 82.4 Å². The van der Waals surface area contributed by atoms with Crippen LogP contribution >= 0.6 is 0 Å². The molecule has 0 unspecified atom stereocenters. The van der Waals surface area contributed by atoms with Gasteiger partial charge in [0.05, 0.1) is 0 Å². The predicted octanol–water partition coefficient (Wildman–Crippen LogP) is 16.1. The van der Waals surface area contributed by atoms with Gasteiger partial charge in [0.1, 0.15) is 0 Å². The van der Waals surface area contributed by atoms with Crippen LogP contribution in [0.1, 0.15) is 0 Å². The molecule has 0 radical (unpaired) electrons. The van der Waals surface area contributed by atoms with Crippen molar-refractivity contribution in [1.29, 1.82) is 0 Å². The molecule has 64 heavy (non-hydrogen) atoms. The number of hydrogen-bond acceptors (Lipinski definition) is 3. The number of aromatic nitrogens is 3. The zero-order valence-electron chi connectivity index (χ0n) is 34.7. The summed E-state index contributed by atoms with van der Waals surface area (Å²) in [7, 11) is 0. The van der Waals surface area contributed by atoms with Crippen LogP contribution in [0.25, 0.3) is 133 Å². The fourth-order valence-corrected chi connectivity index (χ4v) is 10.1. The number of nitrogens with zero attached hydrogens (tertiary/aromatic N) is 3. The minimum Gasteiger partial charge on any atom is -0.208 e. The van der Waals surface area contributed by atoms with E-state index in [4.69, 9.17) is 15.0 Å². The highest BCUT2D eigenvalue weighted by molar-refractivity contribution is 6.19. The summed E-state index contributed by atoms with van der Waals surface area (Å²) in [4.78, 5) is 15.5. The minimum atomic E-state index is 0.632. The second-order valence-electron chi connectivity index (χ2n) is 16.7. The van der Waals surface area contributed by atoms with E-state index in [-0.39, 0.29) is 0 Å². The van der Waals surface area contributed by atoms with Crippen LogP contribution in [-0.2, 0) is 0 Å². The first-order chi connectivity index (χ1) is 31.7. The maximum atomic E-state index is 5.23. The van der Waals surface area contributed by atoms with Crippen molar-refractivity contribution in [2.45, 2.75) is 0 Å². The van der Waals surface area contributed by atoms with E-state index in [0.717, 1.165) is 33.0 Å². The van der Waals surface area contributed by atoms with Crippen molar-refractivity contribution in [2.24, 2.45) is 0 Å². The average Bonchev–Trinajstić information content (AvgIpc) is 3.70. The molecule has 3 nitrogen and oxygen atoms in total. The zero-order chi connectivity index (χ0) is 42.1. The highest BCUT2D eigenvalue weighted by atomic mass is 15.0. The van der Waals surface area contributed by atoms with Crippen molar-refractivity contribution in [1.82, 2.24) is 15.0 Å². The number of fused-ring (bicyclic) bond motifs is 7. The Morgan fingerprint density at radius 3 is 1.53 bits per heavy atom. The number of hydrogen-bond donors (Lipinski definition) is 0. The molecule has 1 aliphatic rings. The Morgan fingerprint density at radius 2 is 0.734 bits per heavy atom. The Bertz CT molecular complexity index is 3800. The molecule has 0 atom stereocenters. The summed E-state index contributed by atoms with van der Waals surface area (Å²) in [6.07, 6.45) is 0. The van der Waals surface area contributed by atoms with Gasteiger partial charge in [0.2, 0.25) is 0 Å². The van der Waals surface area contributed by atoms with Gasteiger partial charge in [-0.2, -0.15) is 0 Å². The lowest BCUT2D eigenvalue weighted by molar-refractivity contribution is 1.08. The molecule has 1 heterocycles. The van der Waals surface area contributed by atoms with Crippen LogP contribution in [0.15, 0.2) is 224 Å². The van der Waals surface area contributed by atoms with Crippen molar-refractivity contribution in [3.8, 4) is 89.8 Å². The van der Waals surface area contributed by atoms with E-state index in [0.29, 0.717) is 17.5 Å². The second kappa shape index (κ2) is 14.5. The van der Waals surface area contributed by atoms with E-state index >= 15 is 0 Å². The first-order valence-corrected chi connectivity index (χ1v) is 21.8. The summed E-state index contributed by atoms with van der Waals surface area (Å²) < 4.78 is 0. The molecule has 11 aromatic carbocycles. The molecule has 0 spiro atoms. The fourth-order valence-electron chi connectivity index (χ4n) is 10.1. The summed E-state index contributed by atoms with van der Waals surface area (Å²) in [5, 5.41) is 9.69. The van der Waals surface area contributed by atoms with Crippen LogP contribution in [0.5, 0.6) is 0 Å². The molecule has 1 aliphatic carbocycles. The van der Waals surface area contributed by atoms with E-state index < -0.39 is 0 Å². The smallest absolute Gasteiger partial charge is 0.164 e. The maximum absolute atomic E-state index is 5.23. The van der Waals surface area contributed by atoms with Gasteiger partial charge < -0.3 is 0 Å². The topological polar surface area (TPSA) is 38.7 Å². The van der Waals surface area contributed by atoms with Crippen molar-refractivity contribution in [3.05, 3.63) is 224 Å². The van der Waals surface area contributed by atoms with Crippen molar-refractivity contribution in [3.63, 3.8) is 0 Å².